The first-order valence-corrected chi connectivity index (χ1v) is 6.12. The molecule has 1 amide bonds. The molecule has 0 fully saturated rings. The van der Waals surface area contributed by atoms with Crippen molar-refractivity contribution in [1.82, 2.24) is 14.8 Å². The van der Waals surface area contributed by atoms with E-state index in [1.807, 2.05) is 0 Å². The molecule has 2 aromatic rings. The number of anilines is 1. The van der Waals surface area contributed by atoms with Crippen LogP contribution in [0.2, 0.25) is 10.0 Å². The van der Waals surface area contributed by atoms with Crippen LogP contribution >= 0.6 is 34.7 Å². The lowest BCUT2D eigenvalue weighted by atomic mass is 10.2. The monoisotopic (exact) mass is 319 g/mol. The third-order valence-electron chi connectivity index (χ3n) is 1.99. The lowest BCUT2D eigenvalue weighted by molar-refractivity contribution is -0.384. The Hall–Kier alpha value is -1.84. The molecule has 0 saturated heterocycles. The van der Waals surface area contributed by atoms with Gasteiger partial charge in [0.05, 0.1) is 9.95 Å². The normalized spacial score (nSPS) is 10.2. The van der Waals surface area contributed by atoms with Crippen molar-refractivity contribution >= 4 is 51.5 Å². The molecular weight excluding hydrogens is 317 g/mol. The van der Waals surface area contributed by atoms with Gasteiger partial charge >= 0.3 is 0 Å². The van der Waals surface area contributed by atoms with E-state index in [2.05, 4.69) is 20.1 Å². The van der Waals surface area contributed by atoms with Crippen LogP contribution in [0.15, 0.2) is 12.1 Å². The first kappa shape index (κ1) is 13.6. The number of hydrogen-bond donors (Lipinski definition) is 1. The number of nitro groups is 1. The van der Waals surface area contributed by atoms with Gasteiger partial charge in [-0.15, -0.1) is 0 Å². The number of amides is 1. The quantitative estimate of drug-likeness (QED) is 0.686. The molecule has 0 radical (unpaired) electrons. The molecule has 0 aliphatic heterocycles. The second-order valence-corrected chi connectivity index (χ2v) is 4.69. The number of rotatable bonds is 3. The number of aromatic nitrogens is 3. The zero-order valence-corrected chi connectivity index (χ0v) is 11.2. The molecule has 0 aliphatic carbocycles. The first-order chi connectivity index (χ1) is 8.99. The Morgan fingerprint density at radius 3 is 2.74 bits per heavy atom. The number of benzene rings is 1. The van der Waals surface area contributed by atoms with Crippen LogP contribution < -0.4 is 5.32 Å². The number of carbonyl (C=O) groups excluding carboxylic acids is 1. The molecule has 1 aromatic carbocycles. The predicted molar refractivity (Wildman–Crippen MR) is 68.8 cm³/mol. The van der Waals surface area contributed by atoms with Gasteiger partial charge in [0.25, 0.3) is 11.6 Å². The molecule has 1 heterocycles. The van der Waals surface area contributed by atoms with Crippen LogP contribution in [-0.4, -0.2) is 25.6 Å². The Morgan fingerprint density at radius 1 is 1.42 bits per heavy atom. The van der Waals surface area contributed by atoms with Gasteiger partial charge in [0.1, 0.15) is 5.02 Å². The van der Waals surface area contributed by atoms with Crippen molar-refractivity contribution in [2.24, 2.45) is 0 Å². The molecule has 0 bridgehead atoms. The van der Waals surface area contributed by atoms with Crippen molar-refractivity contribution in [3.05, 3.63) is 37.9 Å². The van der Waals surface area contributed by atoms with E-state index in [1.165, 1.54) is 6.07 Å². The van der Waals surface area contributed by atoms with E-state index >= 15 is 0 Å². The molecule has 8 nitrogen and oxygen atoms in total. The van der Waals surface area contributed by atoms with E-state index in [1.54, 1.807) is 0 Å². The minimum atomic E-state index is -0.725. The van der Waals surface area contributed by atoms with Gasteiger partial charge in [-0.25, -0.2) is 0 Å². The molecule has 11 heteroatoms. The highest BCUT2D eigenvalue weighted by Gasteiger charge is 2.20. The maximum atomic E-state index is 11.8. The standard InChI is InChI=1S/C8H3Cl2N5O3S/c9-4-1-3(2-5(6(4)10)15(17)18)7(16)11-8-12-13-14-19-8/h1-2H,(H,11,12,14,16). The number of hydrogen-bond acceptors (Lipinski definition) is 7. The number of nitro benzene ring substituents is 1. The Kier molecular flexibility index (Phi) is 3.88. The Labute approximate surface area is 119 Å². The summed E-state index contributed by atoms with van der Waals surface area (Å²) < 4.78 is 3.46. The Balaban J connectivity index is 2.35. The summed E-state index contributed by atoms with van der Waals surface area (Å²) in [7, 11) is 0. The van der Waals surface area contributed by atoms with Crippen molar-refractivity contribution in [2.75, 3.05) is 5.32 Å². The third kappa shape index (κ3) is 2.95. The minimum absolute atomic E-state index is 0.0173. The average Bonchev–Trinajstić information content (AvgIpc) is 2.84. The van der Waals surface area contributed by atoms with Crippen molar-refractivity contribution in [3.8, 4) is 0 Å². The molecule has 98 valence electrons. The minimum Gasteiger partial charge on any atom is -0.295 e. The van der Waals surface area contributed by atoms with Gasteiger partial charge in [-0.05, 0) is 11.3 Å². The van der Waals surface area contributed by atoms with Crippen molar-refractivity contribution in [3.63, 3.8) is 0 Å². The summed E-state index contributed by atoms with van der Waals surface area (Å²) in [5, 5.41) is 19.8. The van der Waals surface area contributed by atoms with Crippen LogP contribution in [0, 0.1) is 10.1 Å². The summed E-state index contributed by atoms with van der Waals surface area (Å²) in [6, 6.07) is 2.25. The number of nitrogens with zero attached hydrogens (tertiary/aromatic N) is 4. The highest BCUT2D eigenvalue weighted by molar-refractivity contribution is 7.09. The molecule has 1 N–H and O–H groups in total. The summed E-state index contributed by atoms with van der Waals surface area (Å²) in [4.78, 5) is 21.9. The van der Waals surface area contributed by atoms with Gasteiger partial charge in [0.15, 0.2) is 0 Å². The van der Waals surface area contributed by atoms with E-state index in [4.69, 9.17) is 23.2 Å². The van der Waals surface area contributed by atoms with E-state index in [0.29, 0.717) is 0 Å². The number of nitrogens with one attached hydrogen (secondary N) is 1. The summed E-state index contributed by atoms with van der Waals surface area (Å²) >= 11 is 12.3. The summed E-state index contributed by atoms with van der Waals surface area (Å²) in [5.41, 5.74) is -0.467. The van der Waals surface area contributed by atoms with Gasteiger partial charge < -0.3 is 0 Å². The lowest BCUT2D eigenvalue weighted by Crippen LogP contribution is -2.12. The summed E-state index contributed by atoms with van der Waals surface area (Å²) in [6.07, 6.45) is 0. The average molecular weight is 320 g/mol. The molecular formula is C8H3Cl2N5O3S. The lowest BCUT2D eigenvalue weighted by Gasteiger charge is -2.03. The molecule has 0 aliphatic rings. The van der Waals surface area contributed by atoms with E-state index < -0.39 is 16.5 Å². The smallest absolute Gasteiger partial charge is 0.290 e. The SMILES string of the molecule is O=C(Nc1nnns1)c1cc(Cl)c(Cl)c([N+](=O)[O-])c1. The zero-order chi connectivity index (χ0) is 14.0. The highest BCUT2D eigenvalue weighted by atomic mass is 35.5. The molecule has 0 spiro atoms. The zero-order valence-electron chi connectivity index (χ0n) is 8.83. The fourth-order valence-electron chi connectivity index (χ4n) is 1.19. The van der Waals surface area contributed by atoms with Gasteiger partial charge in [-0.3, -0.25) is 20.2 Å². The van der Waals surface area contributed by atoms with Crippen LogP contribution in [0.3, 0.4) is 0 Å². The van der Waals surface area contributed by atoms with Gasteiger partial charge in [0.2, 0.25) is 5.13 Å². The van der Waals surface area contributed by atoms with E-state index in [-0.39, 0.29) is 20.7 Å². The highest BCUT2D eigenvalue weighted by Crippen LogP contribution is 2.33. The van der Waals surface area contributed by atoms with Crippen molar-refractivity contribution < 1.29 is 9.72 Å². The summed E-state index contributed by atoms with van der Waals surface area (Å²) in [6.45, 7) is 0. The summed E-state index contributed by atoms with van der Waals surface area (Å²) in [5.74, 6) is -0.625. The third-order valence-corrected chi connectivity index (χ3v) is 3.29. The van der Waals surface area contributed by atoms with Crippen LogP contribution in [0.1, 0.15) is 10.4 Å². The second kappa shape index (κ2) is 5.43. The van der Waals surface area contributed by atoms with Crippen LogP contribution in [-0.2, 0) is 0 Å². The Morgan fingerprint density at radius 2 is 2.16 bits per heavy atom. The number of halogens is 2. The largest absolute Gasteiger partial charge is 0.295 e. The van der Waals surface area contributed by atoms with Crippen LogP contribution in [0.4, 0.5) is 10.8 Å². The van der Waals surface area contributed by atoms with Crippen LogP contribution in [0.5, 0.6) is 0 Å². The van der Waals surface area contributed by atoms with Crippen molar-refractivity contribution in [1.29, 1.82) is 0 Å². The van der Waals surface area contributed by atoms with Gasteiger partial charge in [0, 0.05) is 23.2 Å². The second-order valence-electron chi connectivity index (χ2n) is 3.17. The first-order valence-electron chi connectivity index (χ1n) is 4.59. The van der Waals surface area contributed by atoms with Gasteiger partial charge in [-0.1, -0.05) is 32.8 Å². The molecule has 0 saturated carbocycles. The van der Waals surface area contributed by atoms with E-state index in [9.17, 15) is 14.9 Å². The van der Waals surface area contributed by atoms with E-state index in [0.717, 1.165) is 17.6 Å². The van der Waals surface area contributed by atoms with Crippen molar-refractivity contribution in [2.45, 2.75) is 0 Å². The molecule has 0 atom stereocenters. The van der Waals surface area contributed by atoms with Gasteiger partial charge in [-0.2, -0.15) is 0 Å². The maximum absolute atomic E-state index is 11.8. The maximum Gasteiger partial charge on any atom is 0.290 e. The number of carbonyl (C=O) groups is 1. The fraction of sp³-hybridized carbons (Fsp3) is 0. The fourth-order valence-corrected chi connectivity index (χ4v) is 1.94. The molecule has 2 rings (SSSR count). The predicted octanol–water partition coefficient (Wildman–Crippen LogP) is 2.40. The topological polar surface area (TPSA) is 111 Å². The van der Waals surface area contributed by atoms with Crippen LogP contribution in [0.25, 0.3) is 0 Å². The molecule has 19 heavy (non-hydrogen) atoms. The Bertz CT molecular complexity index is 648. The molecule has 0 unspecified atom stereocenters. The molecule has 1 aromatic heterocycles.